The van der Waals surface area contributed by atoms with Crippen LogP contribution in [-0.4, -0.2) is 72.3 Å². The van der Waals surface area contributed by atoms with Gasteiger partial charge in [0.25, 0.3) is 0 Å². The number of pyridine rings is 2. The molecule has 2 unspecified atom stereocenters. The van der Waals surface area contributed by atoms with Crippen molar-refractivity contribution in [2.75, 3.05) is 34.9 Å². The minimum absolute atomic E-state index is 0.000226. The summed E-state index contributed by atoms with van der Waals surface area (Å²) in [4.78, 5) is 13.0. The first-order chi connectivity index (χ1) is 65.1. The van der Waals surface area contributed by atoms with Gasteiger partial charge in [0.2, 0.25) is 23.3 Å². The second kappa shape index (κ2) is 34.2. The molecule has 8 aromatic carbocycles. The Morgan fingerprint density at radius 2 is 0.899 bits per heavy atom. The summed E-state index contributed by atoms with van der Waals surface area (Å²) >= 11 is 0. The van der Waals surface area contributed by atoms with E-state index in [0.717, 1.165) is 87.6 Å². The summed E-state index contributed by atoms with van der Waals surface area (Å²) in [5.74, 6) is 0. The Bertz CT molecular complexity index is 7120. The molecule has 4 fully saturated rings. The van der Waals surface area contributed by atoms with Crippen LogP contribution in [-0.2, 0) is 42.8 Å². The number of benzene rings is 8. The standard InChI is InChI=1S/C25H32N2O.C23H27N2.C22H28N2O.C17H23N2.C17H17N2.C11H16N2/c1-16-9-11-19-20-12-10-17(2)26-23(20)28-22(19)21(16)27-18(3)25(15-24(27,4)5)13-7-6-8-14-25;1-16-11-10-14-19-20(16)25-21(23(4,5)22(19,2)3)18(15-24(25)6)17-12-8-7-9-13-17;1-13-8-10-16-17-11-9-14(2)23-20(17)25-19(16)18(13)24-15(3)21(4,5)12-22(24,6)7;1-12-8-7-9-13-15(12)19-14(10-11-18(19)6)17(4,5)16(13,2)3;1-14-8-6-7-11-16(14)19-13-12-17(18(19)2)15-9-4-3-5-10-15;1-10-6-3-4-7-11(10)13-9-5-8-12(13)2/h9-12,18H,6-8,13-15H2,1-5H3;7-15H,1-6H3;8-11,15H,12H2,1-7H3;7-11H,1-6H3;3-13H,1-2H3;3-4,6-7H,5,8-9H2,1-2H3/q;+1;;2*+1;/i15D2;;4D3,5D3,12D2;;;. The quantitative estimate of drug-likeness (QED) is 0.152. The molecule has 2 atom stereocenters. The smallest absolute Gasteiger partial charge is 0.238 e. The number of aromatic nitrogens is 8. The minimum Gasteiger partial charge on any atom is -0.436 e. The number of hydrazine groups is 1. The zero-order valence-corrected chi connectivity index (χ0v) is 81.4. The molecule has 129 heavy (non-hydrogen) atoms. The highest BCUT2D eigenvalue weighted by atomic mass is 16.3. The first kappa shape index (κ1) is 78.7. The van der Waals surface area contributed by atoms with Crippen molar-refractivity contribution in [3.05, 3.63) is 292 Å². The fourth-order valence-corrected chi connectivity index (χ4v) is 21.9. The Labute approximate surface area is 783 Å². The van der Waals surface area contributed by atoms with Crippen molar-refractivity contribution in [2.24, 2.45) is 32.0 Å². The zero-order chi connectivity index (χ0) is 101. The van der Waals surface area contributed by atoms with Crippen LogP contribution < -0.4 is 28.9 Å². The predicted octanol–water partition coefficient (Wildman–Crippen LogP) is 26.3. The van der Waals surface area contributed by atoms with E-state index >= 15 is 0 Å². The molecule has 0 amide bonds. The lowest BCUT2D eigenvalue weighted by Gasteiger charge is -2.46. The van der Waals surface area contributed by atoms with Crippen LogP contribution in [0.15, 0.2) is 234 Å². The monoisotopic (exact) mass is 1730 g/mol. The molecule has 15 aromatic rings. The molecular formula is C115H143N12O2+3. The first-order valence-corrected chi connectivity index (χ1v) is 46.5. The van der Waals surface area contributed by atoms with Gasteiger partial charge in [-0.3, -0.25) is 0 Å². The highest BCUT2D eigenvalue weighted by Gasteiger charge is 2.56. The van der Waals surface area contributed by atoms with Crippen LogP contribution in [0.25, 0.3) is 83.6 Å². The molecule has 14 nitrogen and oxygen atoms in total. The lowest BCUT2D eigenvalue weighted by atomic mass is 9.59. The summed E-state index contributed by atoms with van der Waals surface area (Å²) in [6.45, 7) is 42.6. The van der Waals surface area contributed by atoms with E-state index in [0.29, 0.717) is 22.7 Å². The third-order valence-corrected chi connectivity index (χ3v) is 30.2. The number of nitrogens with zero attached hydrogens (tertiary/aromatic N) is 12. The lowest BCUT2D eigenvalue weighted by Crippen LogP contribution is -2.51. The molecular weight excluding hydrogens is 1580 g/mol. The number of hydrogen-bond acceptors (Lipinski definition) is 8. The number of anilines is 3. The highest BCUT2D eigenvalue weighted by Crippen LogP contribution is 2.59. The van der Waals surface area contributed by atoms with E-state index < -0.39 is 49.0 Å². The Kier molecular flexibility index (Phi) is 20.8. The summed E-state index contributed by atoms with van der Waals surface area (Å²) in [6, 6.07) is 70.8. The van der Waals surface area contributed by atoms with Crippen LogP contribution in [0.2, 0.25) is 0 Å². The Morgan fingerprint density at radius 3 is 1.42 bits per heavy atom. The summed E-state index contributed by atoms with van der Waals surface area (Å²) in [6.07, 6.45) is 9.28. The summed E-state index contributed by atoms with van der Waals surface area (Å²) in [5, 5.41) is 8.27. The molecule has 6 aliphatic rings. The third kappa shape index (κ3) is 15.9. The van der Waals surface area contributed by atoms with Crippen molar-refractivity contribution in [3.8, 4) is 39.4 Å². The number of rotatable bonds is 6. The van der Waals surface area contributed by atoms with Gasteiger partial charge in [0.05, 0.1) is 34.5 Å². The fourth-order valence-electron chi connectivity index (χ4n) is 21.9. The third-order valence-electron chi connectivity index (χ3n) is 30.2. The number of fused-ring (bicyclic) bond motifs is 12. The van der Waals surface area contributed by atoms with Gasteiger partial charge in [-0.15, -0.1) is 28.1 Å². The van der Waals surface area contributed by atoms with Crippen molar-refractivity contribution in [1.82, 2.24) is 29.0 Å². The summed E-state index contributed by atoms with van der Waals surface area (Å²) in [5.41, 5.74) is 23.9. The molecule has 1 saturated carbocycles. The average molecular weight is 1740 g/mol. The Balaban J connectivity index is 0.000000123. The largest absolute Gasteiger partial charge is 0.436 e. The van der Waals surface area contributed by atoms with Crippen molar-refractivity contribution in [1.29, 1.82) is 0 Å². The van der Waals surface area contributed by atoms with E-state index in [9.17, 15) is 2.74 Å². The zero-order valence-electron chi connectivity index (χ0n) is 91.4. The van der Waals surface area contributed by atoms with Gasteiger partial charge in [0, 0.05) is 129 Å². The van der Waals surface area contributed by atoms with E-state index in [1.54, 1.807) is 18.7 Å². The van der Waals surface area contributed by atoms with E-state index in [-0.39, 0.29) is 33.1 Å². The van der Waals surface area contributed by atoms with Crippen LogP contribution in [0.3, 0.4) is 0 Å². The first-order valence-electron chi connectivity index (χ1n) is 51.5. The average Bonchev–Trinajstić information content (AvgIpc) is 1.49. The van der Waals surface area contributed by atoms with Crippen LogP contribution in [0.1, 0.15) is 243 Å². The molecule has 1 spiro atoms. The van der Waals surface area contributed by atoms with Gasteiger partial charge in [-0.2, -0.15) is 0 Å². The van der Waals surface area contributed by atoms with Gasteiger partial charge in [-0.1, -0.05) is 234 Å². The van der Waals surface area contributed by atoms with Gasteiger partial charge in [0.15, 0.2) is 38.5 Å². The molecule has 12 heterocycles. The molecule has 0 bridgehead atoms. The second-order valence-corrected chi connectivity index (χ2v) is 40.6. The van der Waals surface area contributed by atoms with Crippen molar-refractivity contribution in [2.45, 2.75) is 262 Å². The van der Waals surface area contributed by atoms with E-state index in [2.05, 4.69) is 380 Å². The molecule has 0 radical (unpaired) electrons. The Hall–Kier alpha value is -11.4. The van der Waals surface area contributed by atoms with Crippen molar-refractivity contribution in [3.63, 3.8) is 0 Å². The number of para-hydroxylation sites is 4. The summed E-state index contributed by atoms with van der Waals surface area (Å²) < 4.78 is 112. The van der Waals surface area contributed by atoms with E-state index in [4.69, 9.17) is 19.8 Å². The maximum atomic E-state index is 9.34. The van der Waals surface area contributed by atoms with Gasteiger partial charge in [-0.05, 0) is 238 Å². The van der Waals surface area contributed by atoms with Gasteiger partial charge in [0.1, 0.15) is 22.8 Å². The fraction of sp³-hybridized carbons (Fsp3) is 0.417. The molecule has 0 N–H and O–H groups in total. The molecule has 14 heteroatoms. The van der Waals surface area contributed by atoms with Crippen LogP contribution in [0.4, 0.5) is 17.1 Å². The van der Waals surface area contributed by atoms with Gasteiger partial charge in [-0.25, -0.2) is 15.0 Å². The molecule has 3 saturated heterocycles. The SMILES string of the molecule is Cc1cccc2c1-n1c(c(-c3ccccc3)c[n+]1C)C(C)(C)C2(C)C.Cc1cccc2c1-n1c(cc[n+]1C)C(C)(C)C2(C)C.Cc1ccccc1-n1ccc(-c2ccccc2)[n+]1C.Cc1ccccc1N1CCCN1C.[2H]C([2H])([2H])C1(C([2H])([2H])[2H])C(C)N(c2c(C)ccc3c2oc2nc(C)ccc23)C(C)(C)C1([2H])[2H].[2H]C1([2H])C2(CCCCC2)C(C)N(c2c(C)ccc3c2oc2nc(C)ccc23)C1(C)C. The van der Waals surface area contributed by atoms with Crippen molar-refractivity contribution < 1.29 is 36.6 Å². The lowest BCUT2D eigenvalue weighted by molar-refractivity contribution is -0.745. The molecule has 1 aliphatic carbocycles. The normalized spacial score (nSPS) is 21.1. The predicted molar refractivity (Wildman–Crippen MR) is 536 cm³/mol. The van der Waals surface area contributed by atoms with Crippen LogP contribution in [0.5, 0.6) is 0 Å². The molecule has 672 valence electrons. The molecule has 21 rings (SSSR count). The van der Waals surface area contributed by atoms with Gasteiger partial charge >= 0.3 is 0 Å². The number of furan rings is 2. The molecule has 7 aromatic heterocycles. The van der Waals surface area contributed by atoms with Crippen LogP contribution in [0, 0.1) is 66.2 Å². The maximum absolute atomic E-state index is 9.34. The van der Waals surface area contributed by atoms with E-state index in [1.807, 2.05) is 57.2 Å². The number of hydrogen-bond donors (Lipinski definition) is 0. The van der Waals surface area contributed by atoms with Crippen molar-refractivity contribution >= 4 is 61.2 Å². The number of aryl methyl sites for hydroxylation is 10. The highest BCUT2D eigenvalue weighted by molar-refractivity contribution is 6.10. The second-order valence-electron chi connectivity index (χ2n) is 40.6. The maximum Gasteiger partial charge on any atom is 0.238 e. The van der Waals surface area contributed by atoms with Gasteiger partial charge < -0.3 is 23.6 Å². The molecule has 5 aliphatic heterocycles. The topological polar surface area (TPSA) is 91.5 Å². The summed E-state index contributed by atoms with van der Waals surface area (Å²) in [7, 11) is 8.52. The van der Waals surface area contributed by atoms with E-state index in [1.165, 1.54) is 116 Å². The van der Waals surface area contributed by atoms with Crippen LogP contribution >= 0.6 is 0 Å². The Morgan fingerprint density at radius 1 is 0.426 bits per heavy atom. The minimum atomic E-state index is -3.10.